The van der Waals surface area contributed by atoms with E-state index in [0.717, 1.165) is 77.6 Å². The molecule has 0 amide bonds. The Kier molecular flexibility index (Phi) is 8.99. The van der Waals surface area contributed by atoms with E-state index in [0.29, 0.717) is 17.9 Å². The second-order valence-electron chi connectivity index (χ2n) is 7.79. The molecule has 1 saturated heterocycles. The van der Waals surface area contributed by atoms with Crippen LogP contribution < -0.4 is 10.6 Å². The highest BCUT2D eigenvalue weighted by Crippen LogP contribution is 2.24. The molecule has 2 rings (SSSR count). The van der Waals surface area contributed by atoms with E-state index >= 15 is 0 Å². The highest BCUT2D eigenvalue weighted by atomic mass is 16.5. The topological polar surface area (TPSA) is 69.1 Å². The molecule has 3 atom stereocenters. The fraction of sp³-hybridized carbons (Fsp3) is 0.947. The average Bonchev–Trinajstić information content (AvgIpc) is 3.01. The third-order valence-corrected chi connectivity index (χ3v) is 5.26. The maximum atomic E-state index is 10.0. The van der Waals surface area contributed by atoms with Gasteiger partial charge in [-0.3, -0.25) is 9.89 Å². The summed E-state index contributed by atoms with van der Waals surface area (Å²) in [4.78, 5) is 7.38. The van der Waals surface area contributed by atoms with Crippen LogP contribution in [0.2, 0.25) is 0 Å². The molecule has 1 heterocycles. The Bertz CT molecular complexity index is 397. The maximum absolute atomic E-state index is 10.0. The Labute approximate surface area is 153 Å². The third-order valence-electron chi connectivity index (χ3n) is 5.26. The summed E-state index contributed by atoms with van der Waals surface area (Å²) in [7, 11) is 0. The molecule has 0 bridgehead atoms. The van der Waals surface area contributed by atoms with Crippen LogP contribution in [0.4, 0.5) is 0 Å². The molecule has 0 aromatic carbocycles. The van der Waals surface area contributed by atoms with E-state index in [-0.39, 0.29) is 6.10 Å². The predicted molar refractivity (Wildman–Crippen MR) is 103 cm³/mol. The minimum Gasteiger partial charge on any atom is -0.393 e. The van der Waals surface area contributed by atoms with Crippen molar-refractivity contribution in [3.05, 3.63) is 0 Å². The Morgan fingerprint density at radius 3 is 2.60 bits per heavy atom. The maximum Gasteiger partial charge on any atom is 0.191 e. The number of nitrogens with zero attached hydrogens (tertiary/aromatic N) is 2. The summed E-state index contributed by atoms with van der Waals surface area (Å²) in [6.07, 6.45) is 4.18. The Balaban J connectivity index is 1.90. The van der Waals surface area contributed by atoms with Crippen LogP contribution in [0.15, 0.2) is 4.99 Å². The molecule has 6 nitrogen and oxygen atoms in total. The van der Waals surface area contributed by atoms with E-state index in [1.807, 2.05) is 0 Å². The number of ether oxygens (including phenoxy) is 1. The van der Waals surface area contributed by atoms with Crippen molar-refractivity contribution in [2.75, 3.05) is 45.9 Å². The van der Waals surface area contributed by atoms with Gasteiger partial charge in [0.2, 0.25) is 0 Å². The van der Waals surface area contributed by atoms with Crippen molar-refractivity contribution in [1.82, 2.24) is 15.5 Å². The van der Waals surface area contributed by atoms with Gasteiger partial charge in [0.25, 0.3) is 0 Å². The van der Waals surface area contributed by atoms with Crippen molar-refractivity contribution in [3.8, 4) is 0 Å². The Hall–Kier alpha value is -0.850. The van der Waals surface area contributed by atoms with Crippen LogP contribution in [0.25, 0.3) is 0 Å². The summed E-state index contributed by atoms with van der Waals surface area (Å²) in [5, 5.41) is 16.8. The van der Waals surface area contributed by atoms with Crippen molar-refractivity contribution in [1.29, 1.82) is 0 Å². The standard InChI is InChI=1S/C19H38N4O2/c1-4-20-19(21-13-16-6-5-7-18(16)24)22-14-17(12-15(2)3)23-8-10-25-11-9-23/h15-18,24H,4-14H2,1-3H3,(H2,20,21,22). The van der Waals surface area contributed by atoms with E-state index in [2.05, 4.69) is 36.3 Å². The molecule has 25 heavy (non-hydrogen) atoms. The molecular formula is C19H38N4O2. The highest BCUT2D eigenvalue weighted by molar-refractivity contribution is 5.79. The van der Waals surface area contributed by atoms with Crippen molar-refractivity contribution >= 4 is 5.96 Å². The summed E-state index contributed by atoms with van der Waals surface area (Å²) in [6, 6.07) is 0.469. The summed E-state index contributed by atoms with van der Waals surface area (Å²) >= 11 is 0. The van der Waals surface area contributed by atoms with E-state index in [1.165, 1.54) is 0 Å². The van der Waals surface area contributed by atoms with Gasteiger partial charge in [0, 0.05) is 38.1 Å². The van der Waals surface area contributed by atoms with Crippen molar-refractivity contribution in [2.45, 2.75) is 58.6 Å². The van der Waals surface area contributed by atoms with Gasteiger partial charge in [-0.05, 0) is 32.1 Å². The number of nitrogens with one attached hydrogen (secondary N) is 2. The number of rotatable bonds is 8. The summed E-state index contributed by atoms with van der Waals surface area (Å²) in [6.45, 7) is 12.8. The van der Waals surface area contributed by atoms with Gasteiger partial charge in [-0.2, -0.15) is 0 Å². The van der Waals surface area contributed by atoms with Gasteiger partial charge in [0.1, 0.15) is 0 Å². The number of hydrogen-bond acceptors (Lipinski definition) is 4. The van der Waals surface area contributed by atoms with Crippen molar-refractivity contribution < 1.29 is 9.84 Å². The number of aliphatic hydroxyl groups is 1. The lowest BCUT2D eigenvalue weighted by atomic mass is 10.0. The zero-order valence-electron chi connectivity index (χ0n) is 16.3. The minimum absolute atomic E-state index is 0.155. The number of aliphatic hydroxyl groups excluding tert-OH is 1. The smallest absolute Gasteiger partial charge is 0.191 e. The van der Waals surface area contributed by atoms with Crippen LogP contribution in [0.1, 0.15) is 46.5 Å². The van der Waals surface area contributed by atoms with Gasteiger partial charge in [0.05, 0.1) is 25.9 Å². The highest BCUT2D eigenvalue weighted by Gasteiger charge is 2.25. The molecular weight excluding hydrogens is 316 g/mol. The van der Waals surface area contributed by atoms with Gasteiger partial charge in [-0.15, -0.1) is 0 Å². The van der Waals surface area contributed by atoms with Crippen LogP contribution in [0.3, 0.4) is 0 Å². The largest absolute Gasteiger partial charge is 0.393 e. The van der Waals surface area contributed by atoms with Crippen molar-refractivity contribution in [3.63, 3.8) is 0 Å². The molecule has 2 fully saturated rings. The predicted octanol–water partition coefficient (Wildman–Crippen LogP) is 1.45. The van der Waals surface area contributed by atoms with Crippen molar-refractivity contribution in [2.24, 2.45) is 16.8 Å². The normalized spacial score (nSPS) is 26.8. The molecule has 1 saturated carbocycles. The molecule has 0 aromatic heterocycles. The molecule has 1 aliphatic carbocycles. The number of aliphatic imine (C=N–C) groups is 1. The first-order chi connectivity index (χ1) is 12.1. The molecule has 3 unspecified atom stereocenters. The fourth-order valence-corrected chi connectivity index (χ4v) is 3.85. The third kappa shape index (κ3) is 7.12. The lowest BCUT2D eigenvalue weighted by Crippen LogP contribution is -2.46. The molecule has 6 heteroatoms. The van der Waals surface area contributed by atoms with E-state index < -0.39 is 0 Å². The van der Waals surface area contributed by atoms with Crippen LogP contribution in [-0.2, 0) is 4.74 Å². The fourth-order valence-electron chi connectivity index (χ4n) is 3.85. The molecule has 146 valence electrons. The van der Waals surface area contributed by atoms with Gasteiger partial charge in [-0.25, -0.2) is 0 Å². The number of morpholine rings is 1. The van der Waals surface area contributed by atoms with E-state index in [4.69, 9.17) is 9.73 Å². The summed E-state index contributed by atoms with van der Waals surface area (Å²) in [5.41, 5.74) is 0. The lowest BCUT2D eigenvalue weighted by molar-refractivity contribution is 0.0143. The van der Waals surface area contributed by atoms with Gasteiger partial charge < -0.3 is 20.5 Å². The zero-order valence-corrected chi connectivity index (χ0v) is 16.3. The van der Waals surface area contributed by atoms with Gasteiger partial charge in [0.15, 0.2) is 5.96 Å². The van der Waals surface area contributed by atoms with Crippen LogP contribution >= 0.6 is 0 Å². The van der Waals surface area contributed by atoms with Gasteiger partial charge in [-0.1, -0.05) is 20.3 Å². The Morgan fingerprint density at radius 1 is 1.24 bits per heavy atom. The number of guanidine groups is 1. The first-order valence-electron chi connectivity index (χ1n) is 10.1. The molecule has 1 aliphatic heterocycles. The molecule has 2 aliphatic rings. The summed E-state index contributed by atoms with van der Waals surface area (Å²) in [5.74, 6) is 1.89. The Morgan fingerprint density at radius 2 is 2.00 bits per heavy atom. The summed E-state index contributed by atoms with van der Waals surface area (Å²) < 4.78 is 5.50. The second-order valence-corrected chi connectivity index (χ2v) is 7.79. The lowest BCUT2D eigenvalue weighted by Gasteiger charge is -2.34. The average molecular weight is 355 g/mol. The van der Waals surface area contributed by atoms with Gasteiger partial charge >= 0.3 is 0 Å². The number of hydrogen-bond donors (Lipinski definition) is 3. The quantitative estimate of drug-likeness (QED) is 0.455. The first-order valence-corrected chi connectivity index (χ1v) is 10.1. The molecule has 0 spiro atoms. The monoisotopic (exact) mass is 354 g/mol. The van der Waals surface area contributed by atoms with Crippen LogP contribution in [0.5, 0.6) is 0 Å². The SMILES string of the molecule is CCNC(=NCC(CC(C)C)N1CCOCC1)NCC1CCCC1O. The second kappa shape index (κ2) is 11.0. The zero-order chi connectivity index (χ0) is 18.1. The molecule has 3 N–H and O–H groups in total. The van der Waals surface area contributed by atoms with E-state index in [1.54, 1.807) is 0 Å². The van der Waals surface area contributed by atoms with Crippen LogP contribution in [0, 0.1) is 11.8 Å². The van der Waals surface area contributed by atoms with E-state index in [9.17, 15) is 5.11 Å². The molecule has 0 aromatic rings. The molecule has 0 radical (unpaired) electrons. The van der Waals surface area contributed by atoms with Crippen LogP contribution in [-0.4, -0.2) is 74.0 Å². The first kappa shape index (κ1) is 20.5. The minimum atomic E-state index is -0.155.